The van der Waals surface area contributed by atoms with Crippen LogP contribution in [0, 0.1) is 0 Å². The van der Waals surface area contributed by atoms with Gasteiger partial charge in [0.05, 0.1) is 23.2 Å². The second-order valence-electron chi connectivity index (χ2n) is 9.97. The van der Waals surface area contributed by atoms with E-state index in [9.17, 15) is 14.4 Å². The largest absolute Gasteiger partial charge is 0.450 e. The van der Waals surface area contributed by atoms with Crippen molar-refractivity contribution in [2.75, 3.05) is 4.90 Å². The van der Waals surface area contributed by atoms with Crippen LogP contribution in [-0.2, 0) is 23.4 Å². The first-order valence-electron chi connectivity index (χ1n) is 12.8. The van der Waals surface area contributed by atoms with E-state index in [1.54, 1.807) is 65.6 Å². The number of fused-ring (bicyclic) bond motifs is 5. The van der Waals surface area contributed by atoms with E-state index in [0.29, 0.717) is 37.4 Å². The zero-order valence-electron chi connectivity index (χ0n) is 21.2. The molecule has 6 nitrogen and oxygen atoms in total. The molecule has 3 heterocycles. The molecule has 0 saturated heterocycles. The van der Waals surface area contributed by atoms with Crippen molar-refractivity contribution in [2.45, 2.75) is 18.6 Å². The van der Waals surface area contributed by atoms with Crippen LogP contribution in [-0.4, -0.2) is 16.7 Å². The molecular weight excluding hydrogens is 583 g/mol. The lowest BCUT2D eigenvalue weighted by Gasteiger charge is -2.34. The average molecular weight is 602 g/mol. The fourth-order valence-corrected chi connectivity index (χ4v) is 6.50. The van der Waals surface area contributed by atoms with Crippen molar-refractivity contribution in [3.8, 4) is 0 Å². The second-order valence-corrected chi connectivity index (χ2v) is 11.2. The Morgan fingerprint density at radius 2 is 1.37 bits per heavy atom. The minimum absolute atomic E-state index is 0.0385. The quantitative estimate of drug-likeness (QED) is 0.218. The third-order valence-corrected chi connectivity index (χ3v) is 8.74. The highest BCUT2D eigenvalue weighted by Gasteiger charge is 2.65. The highest BCUT2D eigenvalue weighted by Crippen LogP contribution is 2.53. The van der Waals surface area contributed by atoms with E-state index >= 15 is 0 Å². The summed E-state index contributed by atoms with van der Waals surface area (Å²) in [7, 11) is 0. The fraction of sp³-hybridized carbons (Fsp3) is 0.0938. The van der Waals surface area contributed by atoms with Crippen LogP contribution in [0.15, 0.2) is 100 Å². The first-order chi connectivity index (χ1) is 19.8. The highest BCUT2D eigenvalue weighted by molar-refractivity contribution is 6.32. The number of carbonyl (C=O) groups excluding carboxylic acids is 2. The molecule has 1 aromatic heterocycles. The summed E-state index contributed by atoms with van der Waals surface area (Å²) < 4.78 is 6.10. The monoisotopic (exact) mass is 600 g/mol. The van der Waals surface area contributed by atoms with E-state index in [2.05, 4.69) is 0 Å². The minimum atomic E-state index is -1.81. The number of halogens is 3. The molecule has 2 amide bonds. The smallest absolute Gasteiger partial charge is 0.291 e. The molecule has 0 fully saturated rings. The zero-order valence-corrected chi connectivity index (χ0v) is 23.5. The van der Waals surface area contributed by atoms with Gasteiger partial charge in [-0.1, -0.05) is 89.4 Å². The van der Waals surface area contributed by atoms with E-state index in [0.717, 1.165) is 0 Å². The van der Waals surface area contributed by atoms with E-state index in [-0.39, 0.29) is 35.4 Å². The SMILES string of the molecule is O=C1c2oc3ccc(Cl)cc3c(=O)c2C2(C(=O)N(Cc3ccccc3Cl)c3ccccc32)N1Cc1ccccc1Cl. The molecule has 1 spiro atoms. The summed E-state index contributed by atoms with van der Waals surface area (Å²) in [6.07, 6.45) is 0. The fourth-order valence-electron chi connectivity index (χ4n) is 5.94. The minimum Gasteiger partial charge on any atom is -0.450 e. The summed E-state index contributed by atoms with van der Waals surface area (Å²) in [5, 5.41) is 1.43. The molecule has 5 aromatic rings. The highest BCUT2D eigenvalue weighted by atomic mass is 35.5. The molecule has 202 valence electrons. The number of nitrogens with zero attached hydrogens (tertiary/aromatic N) is 2. The van der Waals surface area contributed by atoms with E-state index < -0.39 is 22.8 Å². The molecule has 2 aliphatic rings. The maximum Gasteiger partial charge on any atom is 0.291 e. The van der Waals surface area contributed by atoms with Gasteiger partial charge >= 0.3 is 0 Å². The number of para-hydroxylation sites is 1. The van der Waals surface area contributed by atoms with Crippen LogP contribution < -0.4 is 10.3 Å². The van der Waals surface area contributed by atoms with Gasteiger partial charge in [-0.15, -0.1) is 0 Å². The van der Waals surface area contributed by atoms with Gasteiger partial charge in [0.1, 0.15) is 5.58 Å². The average Bonchev–Trinajstić information content (AvgIpc) is 3.36. The molecule has 1 atom stereocenters. The Kier molecular flexibility index (Phi) is 5.98. The van der Waals surface area contributed by atoms with Crippen LogP contribution in [0.1, 0.15) is 32.8 Å². The lowest BCUT2D eigenvalue weighted by molar-refractivity contribution is -0.126. The van der Waals surface area contributed by atoms with Gasteiger partial charge in [-0.2, -0.15) is 0 Å². The molecule has 0 radical (unpaired) electrons. The number of hydrogen-bond donors (Lipinski definition) is 0. The molecule has 41 heavy (non-hydrogen) atoms. The topological polar surface area (TPSA) is 70.8 Å². The molecule has 0 saturated carbocycles. The Morgan fingerprint density at radius 3 is 2.07 bits per heavy atom. The van der Waals surface area contributed by atoms with Gasteiger partial charge < -0.3 is 14.2 Å². The van der Waals surface area contributed by atoms with Gasteiger partial charge in [0, 0.05) is 27.2 Å². The van der Waals surface area contributed by atoms with Gasteiger partial charge in [0.2, 0.25) is 5.76 Å². The normalized spacial score (nSPS) is 17.5. The number of carbonyl (C=O) groups is 2. The molecule has 0 bridgehead atoms. The van der Waals surface area contributed by atoms with Crippen molar-refractivity contribution in [1.82, 2.24) is 4.90 Å². The molecule has 4 aromatic carbocycles. The second kappa shape index (κ2) is 9.48. The molecule has 0 aliphatic carbocycles. The van der Waals surface area contributed by atoms with Gasteiger partial charge in [0.25, 0.3) is 11.8 Å². The Balaban J connectivity index is 1.53. The van der Waals surface area contributed by atoms with Gasteiger partial charge in [0.15, 0.2) is 11.0 Å². The number of hydrogen-bond acceptors (Lipinski definition) is 4. The Bertz CT molecular complexity index is 1990. The van der Waals surface area contributed by atoms with Crippen LogP contribution in [0.5, 0.6) is 0 Å². The molecule has 7 rings (SSSR count). The van der Waals surface area contributed by atoms with Gasteiger partial charge in [-0.05, 0) is 47.5 Å². The predicted octanol–water partition coefficient (Wildman–Crippen LogP) is 7.20. The Hall–Kier alpha value is -4.10. The molecule has 0 N–H and O–H groups in total. The van der Waals surface area contributed by atoms with Crippen LogP contribution >= 0.6 is 34.8 Å². The van der Waals surface area contributed by atoms with Crippen molar-refractivity contribution in [3.63, 3.8) is 0 Å². The van der Waals surface area contributed by atoms with E-state index in [1.165, 1.54) is 11.0 Å². The van der Waals surface area contributed by atoms with Crippen LogP contribution in [0.3, 0.4) is 0 Å². The maximum absolute atomic E-state index is 14.9. The summed E-state index contributed by atoms with van der Waals surface area (Å²) in [5.41, 5.74) is 0.245. The van der Waals surface area contributed by atoms with Gasteiger partial charge in [-0.25, -0.2) is 0 Å². The van der Waals surface area contributed by atoms with Gasteiger partial charge in [-0.3, -0.25) is 14.4 Å². The summed E-state index contributed by atoms with van der Waals surface area (Å²) in [6, 6.07) is 26.1. The predicted molar refractivity (Wildman–Crippen MR) is 159 cm³/mol. The van der Waals surface area contributed by atoms with E-state index in [1.807, 2.05) is 24.3 Å². The van der Waals surface area contributed by atoms with Crippen LogP contribution in [0.25, 0.3) is 11.0 Å². The summed E-state index contributed by atoms with van der Waals surface area (Å²) in [5.74, 6) is -1.23. The number of benzene rings is 4. The molecular formula is C32H19Cl3N2O4. The molecule has 9 heteroatoms. The third-order valence-electron chi connectivity index (χ3n) is 7.77. The first-order valence-corrected chi connectivity index (χ1v) is 13.9. The van der Waals surface area contributed by atoms with Crippen molar-refractivity contribution in [1.29, 1.82) is 0 Å². The number of rotatable bonds is 4. The summed E-state index contributed by atoms with van der Waals surface area (Å²) >= 11 is 19.3. The summed E-state index contributed by atoms with van der Waals surface area (Å²) in [4.78, 5) is 46.4. The van der Waals surface area contributed by atoms with E-state index in [4.69, 9.17) is 39.2 Å². The van der Waals surface area contributed by atoms with Crippen LogP contribution in [0.2, 0.25) is 15.1 Å². The maximum atomic E-state index is 14.9. The lowest BCUT2D eigenvalue weighted by Crippen LogP contribution is -2.53. The van der Waals surface area contributed by atoms with Crippen molar-refractivity contribution < 1.29 is 14.0 Å². The number of anilines is 1. The molecule has 1 unspecified atom stereocenters. The first kappa shape index (κ1) is 25.8. The molecule has 2 aliphatic heterocycles. The van der Waals surface area contributed by atoms with Crippen molar-refractivity contribution in [3.05, 3.63) is 144 Å². The standard InChI is InChI=1S/C32H19Cl3N2O4/c33-20-13-14-26-21(15-20)28(38)27-29(41-26)30(39)37(17-19-8-2-5-11-24(19)35)32(27)22-9-3-6-12-25(22)36(31(32)40)16-18-7-1-4-10-23(18)34/h1-15H,16-17H2. The Morgan fingerprint density at radius 1 is 0.732 bits per heavy atom. The lowest BCUT2D eigenvalue weighted by atomic mass is 9.83. The number of amides is 2. The van der Waals surface area contributed by atoms with Crippen molar-refractivity contribution in [2.24, 2.45) is 0 Å². The van der Waals surface area contributed by atoms with Crippen LogP contribution in [0.4, 0.5) is 5.69 Å². The van der Waals surface area contributed by atoms with Crippen molar-refractivity contribution >= 4 is 63.3 Å². The Labute approximate surface area is 249 Å². The summed E-state index contributed by atoms with van der Waals surface area (Å²) in [6.45, 7) is 0.0880. The third kappa shape index (κ3) is 3.68. The zero-order chi connectivity index (χ0) is 28.5.